The van der Waals surface area contributed by atoms with Crippen molar-refractivity contribution in [3.8, 4) is 0 Å². The van der Waals surface area contributed by atoms with Crippen LogP contribution in [0.25, 0.3) is 0 Å². The topological polar surface area (TPSA) is 42.2 Å². The molecular weight excluding hydrogens is 318 g/mol. The molecule has 1 aliphatic heterocycles. The van der Waals surface area contributed by atoms with Crippen molar-refractivity contribution in [3.63, 3.8) is 0 Å². The Hall–Kier alpha value is -1.55. The molecule has 1 amide bonds. The minimum Gasteiger partial charge on any atom is -0.465 e. The molecule has 1 N–H and O–H groups in total. The lowest BCUT2D eigenvalue weighted by Gasteiger charge is -2.18. The molecule has 1 aromatic carbocycles. The van der Waals surface area contributed by atoms with Gasteiger partial charge in [-0.25, -0.2) is 0 Å². The van der Waals surface area contributed by atoms with Crippen molar-refractivity contribution in [3.05, 3.63) is 58.5 Å². The standard InChI is InChI=1S/C16H16BrNO2/c1-2-12-5-6-14(20-12)15(17)11-4-3-10-7-8-18-16(19)13(10)9-11/h3-6,9,15H,2,7-8H2,1H3,(H,18,19). The van der Waals surface area contributed by atoms with Crippen molar-refractivity contribution >= 4 is 21.8 Å². The predicted octanol–water partition coefficient (Wildman–Crippen LogP) is 3.61. The minimum absolute atomic E-state index is 0.0153. The number of hydrogen-bond donors (Lipinski definition) is 1. The van der Waals surface area contributed by atoms with Crippen LogP contribution in [0.15, 0.2) is 34.7 Å². The zero-order valence-corrected chi connectivity index (χ0v) is 12.9. The van der Waals surface area contributed by atoms with E-state index in [2.05, 4.69) is 34.2 Å². The van der Waals surface area contributed by atoms with E-state index < -0.39 is 0 Å². The van der Waals surface area contributed by atoms with Gasteiger partial charge in [0.15, 0.2) is 0 Å². The summed E-state index contributed by atoms with van der Waals surface area (Å²) in [6, 6.07) is 10.0. The number of rotatable bonds is 3. The average molecular weight is 334 g/mol. The van der Waals surface area contributed by atoms with Gasteiger partial charge >= 0.3 is 0 Å². The second-order valence-corrected chi connectivity index (χ2v) is 5.86. The first-order valence-corrected chi connectivity index (χ1v) is 7.74. The van der Waals surface area contributed by atoms with Crippen LogP contribution in [-0.4, -0.2) is 12.5 Å². The summed E-state index contributed by atoms with van der Waals surface area (Å²) in [5.41, 5.74) is 2.93. The van der Waals surface area contributed by atoms with E-state index in [1.807, 2.05) is 24.3 Å². The van der Waals surface area contributed by atoms with E-state index in [1.54, 1.807) is 0 Å². The molecule has 1 aliphatic rings. The Bertz CT molecular complexity index is 648. The van der Waals surface area contributed by atoms with E-state index in [-0.39, 0.29) is 10.7 Å². The number of benzene rings is 1. The second-order valence-electron chi connectivity index (χ2n) is 4.94. The normalized spacial score (nSPS) is 15.6. The Morgan fingerprint density at radius 2 is 2.20 bits per heavy atom. The van der Waals surface area contributed by atoms with Crippen LogP contribution in [0.1, 0.15) is 44.8 Å². The van der Waals surface area contributed by atoms with Gasteiger partial charge in [0, 0.05) is 18.5 Å². The Morgan fingerprint density at radius 1 is 1.35 bits per heavy atom. The van der Waals surface area contributed by atoms with Gasteiger partial charge in [-0.15, -0.1) is 0 Å². The highest BCUT2D eigenvalue weighted by molar-refractivity contribution is 9.09. The lowest BCUT2D eigenvalue weighted by Crippen LogP contribution is -2.31. The second kappa shape index (κ2) is 5.44. The lowest BCUT2D eigenvalue weighted by molar-refractivity contribution is 0.0946. The number of aryl methyl sites for hydroxylation is 1. The number of hydrogen-bond acceptors (Lipinski definition) is 2. The number of carbonyl (C=O) groups excluding carboxylic acids is 1. The van der Waals surface area contributed by atoms with Crippen molar-refractivity contribution in [2.75, 3.05) is 6.54 Å². The molecule has 4 heteroatoms. The molecular formula is C16H16BrNO2. The fourth-order valence-corrected chi connectivity index (χ4v) is 3.00. The van der Waals surface area contributed by atoms with Crippen molar-refractivity contribution in [2.45, 2.75) is 24.6 Å². The maximum Gasteiger partial charge on any atom is 0.251 e. The van der Waals surface area contributed by atoms with Gasteiger partial charge in [0.1, 0.15) is 11.5 Å². The maximum absolute atomic E-state index is 11.9. The van der Waals surface area contributed by atoms with Crippen molar-refractivity contribution in [1.29, 1.82) is 0 Å². The SMILES string of the molecule is CCc1ccc(C(Br)c2ccc3c(c2)C(=O)NCC3)o1. The summed E-state index contributed by atoms with van der Waals surface area (Å²) in [5.74, 6) is 1.86. The molecule has 3 rings (SSSR count). The predicted molar refractivity (Wildman–Crippen MR) is 81.3 cm³/mol. The molecule has 0 spiro atoms. The first kappa shape index (κ1) is 13.4. The summed E-state index contributed by atoms with van der Waals surface area (Å²) in [4.78, 5) is 11.9. The molecule has 0 saturated heterocycles. The van der Waals surface area contributed by atoms with Crippen LogP contribution in [0, 0.1) is 0 Å². The van der Waals surface area contributed by atoms with Gasteiger partial charge in [-0.2, -0.15) is 0 Å². The number of fused-ring (bicyclic) bond motifs is 1. The van der Waals surface area contributed by atoms with E-state index in [4.69, 9.17) is 4.42 Å². The van der Waals surface area contributed by atoms with Crippen molar-refractivity contribution in [1.82, 2.24) is 5.32 Å². The maximum atomic E-state index is 11.9. The first-order valence-electron chi connectivity index (χ1n) is 6.82. The number of furan rings is 1. The summed E-state index contributed by atoms with van der Waals surface area (Å²) < 4.78 is 5.77. The monoisotopic (exact) mass is 333 g/mol. The number of nitrogens with one attached hydrogen (secondary N) is 1. The number of amides is 1. The smallest absolute Gasteiger partial charge is 0.251 e. The van der Waals surface area contributed by atoms with E-state index in [9.17, 15) is 4.79 Å². The van der Waals surface area contributed by atoms with Gasteiger partial charge in [0.25, 0.3) is 5.91 Å². The van der Waals surface area contributed by atoms with Gasteiger partial charge in [-0.1, -0.05) is 35.0 Å². The van der Waals surface area contributed by atoms with Crippen LogP contribution in [0.4, 0.5) is 0 Å². The van der Waals surface area contributed by atoms with Gasteiger partial charge in [-0.05, 0) is 35.7 Å². The lowest BCUT2D eigenvalue weighted by atomic mass is 9.96. The summed E-state index contributed by atoms with van der Waals surface area (Å²) in [7, 11) is 0. The molecule has 0 fully saturated rings. The zero-order chi connectivity index (χ0) is 14.1. The Labute approximate surface area is 126 Å². The average Bonchev–Trinajstić information content (AvgIpc) is 2.95. The Balaban J connectivity index is 1.93. The molecule has 2 aromatic rings. The third-order valence-corrected chi connectivity index (χ3v) is 4.61. The Kier molecular flexibility index (Phi) is 3.66. The summed E-state index contributed by atoms with van der Waals surface area (Å²) in [5, 5.41) is 2.88. The molecule has 0 aliphatic carbocycles. The van der Waals surface area contributed by atoms with Crippen molar-refractivity contribution in [2.24, 2.45) is 0 Å². The number of halogens is 1. The quantitative estimate of drug-likeness (QED) is 0.872. The molecule has 3 nitrogen and oxygen atoms in total. The van der Waals surface area contributed by atoms with Crippen LogP contribution in [-0.2, 0) is 12.8 Å². The minimum atomic E-state index is -0.0252. The number of carbonyl (C=O) groups is 1. The molecule has 1 unspecified atom stereocenters. The molecule has 0 radical (unpaired) electrons. The number of alkyl halides is 1. The van der Waals surface area contributed by atoms with Crippen LogP contribution in [0.5, 0.6) is 0 Å². The fourth-order valence-electron chi connectivity index (χ4n) is 2.47. The van der Waals surface area contributed by atoms with Crippen LogP contribution in [0.2, 0.25) is 0 Å². The molecule has 1 aromatic heterocycles. The van der Waals surface area contributed by atoms with Crippen molar-refractivity contribution < 1.29 is 9.21 Å². The zero-order valence-electron chi connectivity index (χ0n) is 11.3. The van der Waals surface area contributed by atoms with E-state index in [0.29, 0.717) is 0 Å². The highest BCUT2D eigenvalue weighted by atomic mass is 79.9. The highest BCUT2D eigenvalue weighted by Gasteiger charge is 2.20. The van der Waals surface area contributed by atoms with Gasteiger partial charge in [-0.3, -0.25) is 4.79 Å². The van der Waals surface area contributed by atoms with Gasteiger partial charge < -0.3 is 9.73 Å². The molecule has 20 heavy (non-hydrogen) atoms. The van der Waals surface area contributed by atoms with E-state index in [1.165, 1.54) is 0 Å². The molecule has 1 atom stereocenters. The Morgan fingerprint density at radius 3 is 2.95 bits per heavy atom. The summed E-state index contributed by atoms with van der Waals surface area (Å²) in [6.45, 7) is 2.79. The third kappa shape index (κ3) is 2.40. The third-order valence-electron chi connectivity index (χ3n) is 3.63. The summed E-state index contributed by atoms with van der Waals surface area (Å²) >= 11 is 3.66. The molecule has 0 bridgehead atoms. The highest BCUT2D eigenvalue weighted by Crippen LogP contribution is 2.33. The largest absolute Gasteiger partial charge is 0.465 e. The fraction of sp³-hybridized carbons (Fsp3) is 0.312. The van der Waals surface area contributed by atoms with Crippen LogP contribution >= 0.6 is 15.9 Å². The van der Waals surface area contributed by atoms with Gasteiger partial charge in [0.05, 0.1) is 4.83 Å². The van der Waals surface area contributed by atoms with Crippen LogP contribution < -0.4 is 5.32 Å². The molecule has 0 saturated carbocycles. The van der Waals surface area contributed by atoms with E-state index in [0.717, 1.165) is 47.6 Å². The van der Waals surface area contributed by atoms with Gasteiger partial charge in [0.2, 0.25) is 0 Å². The first-order chi connectivity index (χ1) is 9.69. The van der Waals surface area contributed by atoms with Crippen LogP contribution in [0.3, 0.4) is 0 Å². The molecule has 2 heterocycles. The molecule has 104 valence electrons. The van der Waals surface area contributed by atoms with E-state index >= 15 is 0 Å². The summed E-state index contributed by atoms with van der Waals surface area (Å²) in [6.07, 6.45) is 1.78.